The summed E-state index contributed by atoms with van der Waals surface area (Å²) in [5, 5.41) is 21.6. The number of aliphatic carboxylic acids is 2. The maximum absolute atomic E-state index is 12.0. The Morgan fingerprint density at radius 3 is 1.32 bits per heavy atom. The smallest absolute Gasteiger partial charge is 0.336 e. The number of nitrogens with one attached hydrogen (secondary N) is 2. The van der Waals surface area contributed by atoms with Crippen molar-refractivity contribution in [2.45, 2.75) is 51.6 Å². The van der Waals surface area contributed by atoms with Gasteiger partial charge >= 0.3 is 23.9 Å². The number of rotatable bonds is 10. The van der Waals surface area contributed by atoms with E-state index in [2.05, 4.69) is 15.4 Å². The second-order valence-electron chi connectivity index (χ2n) is 5.11. The zero-order valence-electron chi connectivity index (χ0n) is 13.7. The number of hydrogen-bond donors (Lipinski definition) is 4. The van der Waals surface area contributed by atoms with Crippen molar-refractivity contribution >= 4 is 35.7 Å². The van der Waals surface area contributed by atoms with E-state index in [1.54, 1.807) is 0 Å². The van der Waals surface area contributed by atoms with Gasteiger partial charge < -0.3 is 25.6 Å². The third kappa shape index (κ3) is 10.4. The molecule has 2 unspecified atom stereocenters. The van der Waals surface area contributed by atoms with Crippen LogP contribution in [0, 0.1) is 0 Å². The van der Waals surface area contributed by atoms with Crippen molar-refractivity contribution in [1.82, 2.24) is 10.6 Å². The first-order valence-electron chi connectivity index (χ1n) is 7.26. The normalized spacial score (nSPS) is 12.4. The molecule has 0 aromatic rings. The second-order valence-corrected chi connectivity index (χ2v) is 5.11. The second kappa shape index (κ2) is 10.7. The Morgan fingerprint density at radius 1 is 0.760 bits per heavy atom. The van der Waals surface area contributed by atoms with Crippen LogP contribution in [0.3, 0.4) is 0 Å². The van der Waals surface area contributed by atoms with E-state index in [4.69, 9.17) is 10.2 Å². The minimum absolute atomic E-state index is 0.305. The Labute approximate surface area is 142 Å². The van der Waals surface area contributed by atoms with Gasteiger partial charge in [-0.1, -0.05) is 0 Å². The van der Waals surface area contributed by atoms with Crippen molar-refractivity contribution in [1.29, 1.82) is 0 Å². The van der Waals surface area contributed by atoms with Crippen LogP contribution >= 0.6 is 0 Å². The van der Waals surface area contributed by atoms with Crippen molar-refractivity contribution in [2.75, 3.05) is 0 Å². The standard InChI is InChI=1S/C14H20N2O9/c1-7(17)15-9(3-5-11(19)20)13(23)25-14(24)10(16-8(2)18)4-6-12(21)22/h9-10H,3-6H2,1-2H3,(H,15,17)(H,16,18)(H,19,20)(H,21,22). The predicted molar refractivity (Wildman–Crippen MR) is 80.0 cm³/mol. The van der Waals surface area contributed by atoms with Gasteiger partial charge in [-0.3, -0.25) is 19.2 Å². The van der Waals surface area contributed by atoms with Gasteiger partial charge in [0.15, 0.2) is 0 Å². The lowest BCUT2D eigenvalue weighted by atomic mass is 10.1. The molecule has 0 aliphatic heterocycles. The lowest BCUT2D eigenvalue weighted by Crippen LogP contribution is -2.46. The Hall–Kier alpha value is -2.98. The molecular weight excluding hydrogens is 340 g/mol. The van der Waals surface area contributed by atoms with Gasteiger partial charge in [-0.25, -0.2) is 9.59 Å². The topological polar surface area (TPSA) is 176 Å². The summed E-state index contributed by atoms with van der Waals surface area (Å²) in [7, 11) is 0. The molecule has 0 spiro atoms. The third-order valence-electron chi connectivity index (χ3n) is 2.82. The Bertz CT molecular complexity index is 511. The quantitative estimate of drug-likeness (QED) is 0.275. The summed E-state index contributed by atoms with van der Waals surface area (Å²) in [4.78, 5) is 67.2. The highest BCUT2D eigenvalue weighted by Crippen LogP contribution is 2.05. The molecule has 0 saturated carbocycles. The highest BCUT2D eigenvalue weighted by Gasteiger charge is 2.29. The van der Waals surface area contributed by atoms with Crippen LogP contribution < -0.4 is 10.6 Å². The number of carbonyl (C=O) groups is 6. The summed E-state index contributed by atoms with van der Waals surface area (Å²) < 4.78 is 4.55. The van der Waals surface area contributed by atoms with Crippen LogP contribution in [0.15, 0.2) is 0 Å². The lowest BCUT2D eigenvalue weighted by molar-refractivity contribution is -0.164. The van der Waals surface area contributed by atoms with Crippen LogP contribution in [0.5, 0.6) is 0 Å². The van der Waals surface area contributed by atoms with E-state index in [9.17, 15) is 28.8 Å². The first kappa shape index (κ1) is 22.0. The van der Waals surface area contributed by atoms with Crippen LogP contribution in [0.4, 0.5) is 0 Å². The molecule has 2 amide bonds. The van der Waals surface area contributed by atoms with Crippen molar-refractivity contribution in [3.8, 4) is 0 Å². The largest absolute Gasteiger partial charge is 0.481 e. The molecule has 140 valence electrons. The first-order valence-corrected chi connectivity index (χ1v) is 7.26. The first-order chi connectivity index (χ1) is 11.5. The Kier molecular flexibility index (Phi) is 9.45. The van der Waals surface area contributed by atoms with Crippen LogP contribution in [-0.2, 0) is 33.5 Å². The van der Waals surface area contributed by atoms with Gasteiger partial charge in [0.1, 0.15) is 12.1 Å². The van der Waals surface area contributed by atoms with Gasteiger partial charge in [0.05, 0.1) is 0 Å². The summed E-state index contributed by atoms with van der Waals surface area (Å²) in [6.07, 6.45) is -1.52. The van der Waals surface area contributed by atoms with Crippen molar-refractivity contribution in [2.24, 2.45) is 0 Å². The van der Waals surface area contributed by atoms with E-state index in [1.165, 1.54) is 0 Å². The molecule has 0 fully saturated rings. The average Bonchev–Trinajstić information content (AvgIpc) is 2.46. The fourth-order valence-electron chi connectivity index (χ4n) is 1.77. The minimum atomic E-state index is -1.37. The average molecular weight is 360 g/mol. The highest BCUT2D eigenvalue weighted by atomic mass is 16.6. The van der Waals surface area contributed by atoms with Crippen LogP contribution in [0.1, 0.15) is 39.5 Å². The molecule has 0 aromatic carbocycles. The van der Waals surface area contributed by atoms with Crippen molar-refractivity contribution in [3.05, 3.63) is 0 Å². The Balaban J connectivity index is 4.96. The molecule has 0 bridgehead atoms. The fraction of sp³-hybridized carbons (Fsp3) is 0.571. The third-order valence-corrected chi connectivity index (χ3v) is 2.82. The maximum atomic E-state index is 12.0. The van der Waals surface area contributed by atoms with E-state index < -0.39 is 60.6 Å². The summed E-state index contributed by atoms with van der Waals surface area (Å²) >= 11 is 0. The van der Waals surface area contributed by atoms with E-state index >= 15 is 0 Å². The van der Waals surface area contributed by atoms with Gasteiger partial charge in [0.25, 0.3) is 0 Å². The molecule has 25 heavy (non-hydrogen) atoms. The molecule has 0 aliphatic rings. The van der Waals surface area contributed by atoms with E-state index in [0.29, 0.717) is 0 Å². The summed E-state index contributed by atoms with van der Waals surface area (Å²) in [5.41, 5.74) is 0. The molecule has 0 radical (unpaired) electrons. The Morgan fingerprint density at radius 2 is 1.08 bits per heavy atom. The molecule has 11 nitrogen and oxygen atoms in total. The molecule has 0 aromatic heterocycles. The molecule has 11 heteroatoms. The van der Waals surface area contributed by atoms with E-state index in [1.807, 2.05) is 0 Å². The molecular formula is C14H20N2O9. The van der Waals surface area contributed by atoms with E-state index in [0.717, 1.165) is 13.8 Å². The SMILES string of the molecule is CC(=O)NC(CCC(=O)O)C(=O)OC(=O)C(CCC(=O)O)NC(C)=O. The number of hydrogen-bond acceptors (Lipinski definition) is 7. The van der Waals surface area contributed by atoms with Crippen molar-refractivity contribution < 1.29 is 43.7 Å². The predicted octanol–water partition coefficient (Wildman–Crippen LogP) is -1.20. The monoisotopic (exact) mass is 360 g/mol. The number of carboxylic acid groups (broad SMARTS) is 2. The van der Waals surface area contributed by atoms with Gasteiger partial charge in [0.2, 0.25) is 11.8 Å². The summed E-state index contributed by atoms with van der Waals surface area (Å²) in [5.74, 6) is -6.11. The minimum Gasteiger partial charge on any atom is -0.481 e. The summed E-state index contributed by atoms with van der Waals surface area (Å²) in [6, 6.07) is -2.73. The molecule has 0 rings (SSSR count). The fourth-order valence-corrected chi connectivity index (χ4v) is 1.77. The zero-order valence-corrected chi connectivity index (χ0v) is 13.7. The number of amides is 2. The lowest BCUT2D eigenvalue weighted by Gasteiger charge is -2.18. The van der Waals surface area contributed by atoms with Crippen LogP contribution in [0.2, 0.25) is 0 Å². The number of carbonyl (C=O) groups excluding carboxylic acids is 4. The van der Waals surface area contributed by atoms with Gasteiger partial charge in [-0.2, -0.15) is 0 Å². The zero-order chi connectivity index (χ0) is 19.6. The maximum Gasteiger partial charge on any atom is 0.336 e. The number of esters is 2. The molecule has 0 aliphatic carbocycles. The molecule has 0 saturated heterocycles. The summed E-state index contributed by atoms with van der Waals surface area (Å²) in [6.45, 7) is 2.19. The van der Waals surface area contributed by atoms with Gasteiger partial charge in [-0.15, -0.1) is 0 Å². The molecule has 0 heterocycles. The molecule has 4 N–H and O–H groups in total. The van der Waals surface area contributed by atoms with Crippen LogP contribution in [-0.4, -0.2) is 58.0 Å². The number of ether oxygens (including phenoxy) is 1. The van der Waals surface area contributed by atoms with E-state index in [-0.39, 0.29) is 12.8 Å². The van der Waals surface area contributed by atoms with Gasteiger partial charge in [0, 0.05) is 26.7 Å². The highest BCUT2D eigenvalue weighted by molar-refractivity contribution is 5.94. The molecule has 2 atom stereocenters. The number of carboxylic acids is 2. The van der Waals surface area contributed by atoms with Gasteiger partial charge in [-0.05, 0) is 12.8 Å². The van der Waals surface area contributed by atoms with Crippen molar-refractivity contribution in [3.63, 3.8) is 0 Å². The van der Waals surface area contributed by atoms with Crippen LogP contribution in [0.25, 0.3) is 0 Å².